The summed E-state index contributed by atoms with van der Waals surface area (Å²) in [5, 5.41) is 2.37. The minimum absolute atomic E-state index is 0.132. The van der Waals surface area contributed by atoms with Crippen LogP contribution in [0.15, 0.2) is 59.1 Å². The number of hydrogen-bond acceptors (Lipinski definition) is 7. The number of carbonyl (C=O) groups is 1. The van der Waals surface area contributed by atoms with Crippen LogP contribution in [0.25, 0.3) is 22.3 Å². The number of rotatable bonds is 5. The highest BCUT2D eigenvalue weighted by molar-refractivity contribution is 7.90. The summed E-state index contributed by atoms with van der Waals surface area (Å²) in [4.78, 5) is 20.6. The predicted molar refractivity (Wildman–Crippen MR) is 111 cm³/mol. The van der Waals surface area contributed by atoms with E-state index in [9.17, 15) is 13.2 Å². The second kappa shape index (κ2) is 7.45. The molecule has 3 aromatic heterocycles. The molecule has 0 fully saturated rings. The molecule has 4 aromatic rings. The summed E-state index contributed by atoms with van der Waals surface area (Å²) in [6.07, 6.45) is 2.84. The van der Waals surface area contributed by atoms with Gasteiger partial charge in [0.2, 0.25) is 5.01 Å². The normalized spacial score (nSPS) is 11.6. The fraction of sp³-hybridized carbons (Fsp3) is 0.105. The maximum absolute atomic E-state index is 13.2. The molecule has 7 nitrogen and oxygen atoms in total. The molecule has 0 amide bonds. The van der Waals surface area contributed by atoms with Crippen LogP contribution in [0.4, 0.5) is 0 Å². The van der Waals surface area contributed by atoms with Crippen molar-refractivity contribution in [1.29, 1.82) is 0 Å². The van der Waals surface area contributed by atoms with Gasteiger partial charge in [-0.05, 0) is 19.1 Å². The van der Waals surface area contributed by atoms with Crippen molar-refractivity contribution < 1.29 is 17.9 Å². The van der Waals surface area contributed by atoms with Crippen LogP contribution in [-0.2, 0) is 14.8 Å². The van der Waals surface area contributed by atoms with Gasteiger partial charge in [0.1, 0.15) is 7.85 Å². The van der Waals surface area contributed by atoms with Gasteiger partial charge in [0.15, 0.2) is 5.65 Å². The number of hydrogen-bond donors (Lipinski definition) is 0. The van der Waals surface area contributed by atoms with Gasteiger partial charge in [-0.3, -0.25) is 0 Å². The summed E-state index contributed by atoms with van der Waals surface area (Å²) >= 11 is 1.12. The van der Waals surface area contributed by atoms with Gasteiger partial charge in [0.25, 0.3) is 10.0 Å². The van der Waals surface area contributed by atoms with Crippen LogP contribution < -0.4 is 5.46 Å². The number of thiazole rings is 1. The molecule has 0 unspecified atom stereocenters. The Labute approximate surface area is 172 Å². The van der Waals surface area contributed by atoms with Crippen LogP contribution in [-0.4, -0.2) is 42.8 Å². The fourth-order valence-corrected chi connectivity index (χ4v) is 4.93. The smallest absolute Gasteiger partial charge is 0.367 e. The van der Waals surface area contributed by atoms with E-state index in [1.165, 1.54) is 24.5 Å². The summed E-state index contributed by atoms with van der Waals surface area (Å²) in [5.41, 5.74) is 1.56. The lowest BCUT2D eigenvalue weighted by Crippen LogP contribution is -2.13. The zero-order valence-electron chi connectivity index (χ0n) is 15.3. The molecule has 0 spiro atoms. The van der Waals surface area contributed by atoms with E-state index in [2.05, 4.69) is 9.97 Å². The Hall–Kier alpha value is -2.98. The molecule has 1 aromatic carbocycles. The molecule has 0 saturated carbocycles. The number of benzene rings is 1. The standard InChI is InChI=1S/C19H14BN3O4S2/c1-2-27-19(24)18-22-16(11-28-18)15-10-23(17-14(15)8-12(20)9-21-17)29(25,26)13-6-4-3-5-7-13/h3-11H,2H2,1H3. The molecule has 29 heavy (non-hydrogen) atoms. The van der Waals surface area contributed by atoms with Crippen molar-refractivity contribution in [2.45, 2.75) is 11.8 Å². The van der Waals surface area contributed by atoms with Crippen LogP contribution >= 0.6 is 11.3 Å². The monoisotopic (exact) mass is 423 g/mol. The van der Waals surface area contributed by atoms with E-state index in [0.29, 0.717) is 22.1 Å². The van der Waals surface area contributed by atoms with Crippen LogP contribution in [0.2, 0.25) is 0 Å². The quantitative estimate of drug-likeness (QED) is 0.362. The molecule has 144 valence electrons. The SMILES string of the molecule is [B]c1cnc2c(c1)c(-c1csc(C(=O)OCC)n1)cn2S(=O)(=O)c1ccccc1. The number of esters is 1. The minimum atomic E-state index is -3.89. The van der Waals surface area contributed by atoms with Crippen molar-refractivity contribution in [1.82, 2.24) is 13.9 Å². The van der Waals surface area contributed by atoms with E-state index in [-0.39, 0.29) is 22.2 Å². The number of aromatic nitrogens is 3. The highest BCUT2D eigenvalue weighted by atomic mass is 32.2. The van der Waals surface area contributed by atoms with E-state index in [1.807, 2.05) is 0 Å². The molecule has 0 aliphatic rings. The van der Waals surface area contributed by atoms with Crippen molar-refractivity contribution in [3.8, 4) is 11.3 Å². The van der Waals surface area contributed by atoms with Crippen LogP contribution in [0.1, 0.15) is 16.7 Å². The van der Waals surface area contributed by atoms with Gasteiger partial charge in [0.05, 0.1) is 17.2 Å². The summed E-state index contributed by atoms with van der Waals surface area (Å²) < 4.78 is 32.4. The second-order valence-corrected chi connectivity index (χ2v) is 8.73. The lowest BCUT2D eigenvalue weighted by atomic mass is 9.97. The molecule has 2 radical (unpaired) electrons. The second-order valence-electron chi connectivity index (χ2n) is 6.05. The number of carbonyl (C=O) groups excluding carboxylic acids is 1. The van der Waals surface area contributed by atoms with Crippen LogP contribution in [0.5, 0.6) is 0 Å². The number of ether oxygens (including phenoxy) is 1. The molecule has 0 bridgehead atoms. The number of pyridine rings is 1. The zero-order chi connectivity index (χ0) is 20.6. The summed E-state index contributed by atoms with van der Waals surface area (Å²) in [5.74, 6) is -0.526. The topological polar surface area (TPSA) is 91.2 Å². The van der Waals surface area contributed by atoms with Gasteiger partial charge in [-0.2, -0.15) is 0 Å². The molecule has 3 heterocycles. The Morgan fingerprint density at radius 2 is 2.03 bits per heavy atom. The van der Waals surface area contributed by atoms with E-state index >= 15 is 0 Å². The fourth-order valence-electron chi connectivity index (χ4n) is 2.87. The van der Waals surface area contributed by atoms with Crippen molar-refractivity contribution in [2.75, 3.05) is 6.61 Å². The first-order valence-electron chi connectivity index (χ1n) is 8.62. The summed E-state index contributed by atoms with van der Waals surface area (Å²) in [6.45, 7) is 1.95. The molecule has 0 atom stereocenters. The van der Waals surface area contributed by atoms with Crippen molar-refractivity contribution >= 4 is 51.7 Å². The first-order valence-corrected chi connectivity index (χ1v) is 10.9. The van der Waals surface area contributed by atoms with Crippen molar-refractivity contribution in [3.63, 3.8) is 0 Å². The van der Waals surface area contributed by atoms with Crippen LogP contribution in [0.3, 0.4) is 0 Å². The van der Waals surface area contributed by atoms with E-state index < -0.39 is 16.0 Å². The summed E-state index contributed by atoms with van der Waals surface area (Å²) in [7, 11) is 1.99. The molecule has 0 aliphatic heterocycles. The summed E-state index contributed by atoms with van der Waals surface area (Å²) in [6, 6.07) is 9.70. The Morgan fingerprint density at radius 1 is 1.28 bits per heavy atom. The highest BCUT2D eigenvalue weighted by Crippen LogP contribution is 2.32. The molecule has 0 saturated heterocycles. The van der Waals surface area contributed by atoms with Gasteiger partial charge in [-0.1, -0.05) is 29.7 Å². The minimum Gasteiger partial charge on any atom is -0.461 e. The van der Waals surface area contributed by atoms with Gasteiger partial charge < -0.3 is 4.74 Å². The van der Waals surface area contributed by atoms with Gasteiger partial charge in [0, 0.05) is 28.7 Å². The highest BCUT2D eigenvalue weighted by Gasteiger charge is 2.24. The largest absolute Gasteiger partial charge is 0.461 e. The first kappa shape index (κ1) is 19.3. The molecular weight excluding hydrogens is 409 g/mol. The van der Waals surface area contributed by atoms with E-state index in [0.717, 1.165) is 15.3 Å². The molecule has 10 heteroatoms. The Balaban J connectivity index is 1.91. The van der Waals surface area contributed by atoms with E-state index in [1.54, 1.807) is 36.6 Å². The van der Waals surface area contributed by atoms with Gasteiger partial charge in [-0.15, -0.1) is 11.3 Å². The predicted octanol–water partition coefficient (Wildman–Crippen LogP) is 2.37. The number of fused-ring (bicyclic) bond motifs is 1. The van der Waals surface area contributed by atoms with Crippen LogP contribution in [0, 0.1) is 0 Å². The zero-order valence-corrected chi connectivity index (χ0v) is 16.9. The average molecular weight is 423 g/mol. The van der Waals surface area contributed by atoms with Crippen molar-refractivity contribution in [3.05, 3.63) is 59.2 Å². The Bertz CT molecular complexity index is 1310. The third kappa shape index (κ3) is 3.45. The van der Waals surface area contributed by atoms with Gasteiger partial charge in [-0.25, -0.2) is 27.2 Å². The van der Waals surface area contributed by atoms with E-state index in [4.69, 9.17) is 12.6 Å². The van der Waals surface area contributed by atoms with Crippen molar-refractivity contribution in [2.24, 2.45) is 0 Å². The average Bonchev–Trinajstić information content (AvgIpc) is 3.33. The molecule has 0 N–H and O–H groups in total. The maximum atomic E-state index is 13.2. The Morgan fingerprint density at radius 3 is 2.76 bits per heavy atom. The number of nitrogens with zero attached hydrogens (tertiary/aromatic N) is 3. The first-order chi connectivity index (χ1) is 13.9. The van der Waals surface area contributed by atoms with Gasteiger partial charge >= 0.3 is 5.97 Å². The third-order valence-electron chi connectivity index (χ3n) is 4.16. The molecule has 0 aliphatic carbocycles. The Kier molecular flexibility index (Phi) is 4.97. The maximum Gasteiger partial charge on any atom is 0.367 e. The molecule has 4 rings (SSSR count). The third-order valence-corrected chi connectivity index (χ3v) is 6.65. The molecular formula is C19H14BN3O4S2. The lowest BCUT2D eigenvalue weighted by Gasteiger charge is -2.06. The lowest BCUT2D eigenvalue weighted by molar-refractivity contribution is 0.0526.